The lowest BCUT2D eigenvalue weighted by molar-refractivity contribution is -0.0696. The van der Waals surface area contributed by atoms with E-state index in [1.54, 1.807) is 111 Å². The molecule has 0 fully saturated rings. The topological polar surface area (TPSA) is 114 Å². The zero-order chi connectivity index (χ0) is 35.9. The van der Waals surface area contributed by atoms with Gasteiger partial charge in [0, 0.05) is 0 Å². The predicted octanol–water partition coefficient (Wildman–Crippen LogP) is 7.36. The molecule has 4 aromatic rings. The van der Waals surface area contributed by atoms with Crippen molar-refractivity contribution in [2.24, 2.45) is 10.8 Å². The number of benzene rings is 4. The highest BCUT2D eigenvalue weighted by Gasteiger charge is 2.53. The lowest BCUT2D eigenvalue weighted by Crippen LogP contribution is -2.52. The minimum atomic E-state index is -1.89. The molecule has 0 N–H and O–H groups in total. The summed E-state index contributed by atoms with van der Waals surface area (Å²) < 4.78 is 28.6. The monoisotopic (exact) mass is 666 g/mol. The van der Waals surface area contributed by atoms with Gasteiger partial charge in [0.1, 0.15) is 33.8 Å². The number of ether oxygens (including phenoxy) is 5. The maximum absolute atomic E-state index is 14.6. The van der Waals surface area contributed by atoms with E-state index < -0.39 is 46.2 Å². The van der Waals surface area contributed by atoms with E-state index in [-0.39, 0.29) is 45.3 Å². The summed E-state index contributed by atoms with van der Waals surface area (Å²) in [4.78, 5) is 58.5. The van der Waals surface area contributed by atoms with Crippen LogP contribution in [0.3, 0.4) is 0 Å². The molecular weight excluding hydrogens is 624 g/mol. The zero-order valence-corrected chi connectivity index (χ0v) is 29.1. The molecule has 0 aliphatic carbocycles. The van der Waals surface area contributed by atoms with Crippen LogP contribution in [0.15, 0.2) is 97.1 Å². The summed E-state index contributed by atoms with van der Waals surface area (Å²) >= 11 is 0. The highest BCUT2D eigenvalue weighted by Crippen LogP contribution is 2.42. The maximum atomic E-state index is 14.6. The first kappa shape index (κ1) is 36.6. The van der Waals surface area contributed by atoms with Crippen LogP contribution in [0, 0.1) is 10.8 Å². The van der Waals surface area contributed by atoms with Gasteiger partial charge in [-0.3, -0.25) is 19.2 Å². The van der Waals surface area contributed by atoms with Gasteiger partial charge in [0.25, 0.3) is 0 Å². The zero-order valence-electron chi connectivity index (χ0n) is 29.1. The molecule has 0 saturated heterocycles. The molecule has 4 aromatic carbocycles. The summed E-state index contributed by atoms with van der Waals surface area (Å²) in [7, 11) is 5.75. The van der Waals surface area contributed by atoms with Crippen LogP contribution in [0.2, 0.25) is 0 Å². The van der Waals surface area contributed by atoms with E-state index in [1.807, 2.05) is 0 Å². The third-order valence-corrected chi connectivity index (χ3v) is 9.33. The van der Waals surface area contributed by atoms with Gasteiger partial charge in [0.2, 0.25) is 0 Å². The standard InChI is InChI=1S/C40H42O9/c1-25(39(3,35(41)27-17-9-13-21-31(27)45-5)36(42)28-18-10-14-22-32(28)46-6)49-26(2)40(4,37(43)29-19-11-15-23-33(29)47-7)38(44)30-20-12-16-24-34(30)48-8/h9-26H,1-8H3. The van der Waals surface area contributed by atoms with Crippen molar-refractivity contribution >= 4 is 23.1 Å². The van der Waals surface area contributed by atoms with Gasteiger partial charge >= 0.3 is 0 Å². The van der Waals surface area contributed by atoms with E-state index in [9.17, 15) is 19.2 Å². The number of methoxy groups -OCH3 is 4. The van der Waals surface area contributed by atoms with E-state index in [0.29, 0.717) is 0 Å². The first-order chi connectivity index (χ1) is 23.4. The van der Waals surface area contributed by atoms with Crippen LogP contribution < -0.4 is 18.9 Å². The van der Waals surface area contributed by atoms with Gasteiger partial charge in [-0.2, -0.15) is 0 Å². The molecule has 49 heavy (non-hydrogen) atoms. The lowest BCUT2D eigenvalue weighted by Gasteiger charge is -2.39. The normalized spacial score (nSPS) is 12.7. The highest BCUT2D eigenvalue weighted by atomic mass is 16.5. The van der Waals surface area contributed by atoms with Crippen molar-refractivity contribution in [3.05, 3.63) is 119 Å². The first-order valence-electron chi connectivity index (χ1n) is 15.8. The number of rotatable bonds is 16. The molecule has 0 amide bonds. The molecule has 0 saturated carbocycles. The Morgan fingerprint density at radius 1 is 0.429 bits per heavy atom. The fourth-order valence-electron chi connectivity index (χ4n) is 5.97. The van der Waals surface area contributed by atoms with Crippen molar-refractivity contribution in [1.29, 1.82) is 0 Å². The van der Waals surface area contributed by atoms with Gasteiger partial charge in [-0.25, -0.2) is 0 Å². The summed E-state index contributed by atoms with van der Waals surface area (Å²) in [5.41, 5.74) is -3.12. The van der Waals surface area contributed by atoms with Crippen molar-refractivity contribution in [2.75, 3.05) is 28.4 Å². The SMILES string of the molecule is COc1ccccc1C(=O)C(C)(C(=O)c1ccccc1OC)C(C)OC(C)C(C)(C(=O)c1ccccc1OC)C(=O)c1ccccc1OC. The molecule has 0 aromatic heterocycles. The Morgan fingerprint density at radius 3 is 0.837 bits per heavy atom. The molecule has 0 radical (unpaired) electrons. The molecule has 4 rings (SSSR count). The van der Waals surface area contributed by atoms with Crippen molar-refractivity contribution in [1.82, 2.24) is 0 Å². The summed E-state index contributed by atoms with van der Waals surface area (Å²) in [6, 6.07) is 26.4. The number of carbonyl (C=O) groups excluding carboxylic acids is 4. The molecule has 2 atom stereocenters. The smallest absolute Gasteiger partial charge is 0.182 e. The van der Waals surface area contributed by atoms with E-state index in [2.05, 4.69) is 0 Å². The first-order valence-corrected chi connectivity index (χ1v) is 15.8. The van der Waals surface area contributed by atoms with E-state index in [4.69, 9.17) is 23.7 Å². The number of ketones is 4. The van der Waals surface area contributed by atoms with Crippen molar-refractivity contribution < 1.29 is 42.9 Å². The maximum Gasteiger partial charge on any atom is 0.182 e. The molecule has 0 spiro atoms. The third kappa shape index (κ3) is 6.71. The Morgan fingerprint density at radius 2 is 0.633 bits per heavy atom. The summed E-state index contributed by atoms with van der Waals surface area (Å²) in [6.07, 6.45) is -2.37. The highest BCUT2D eigenvalue weighted by molar-refractivity contribution is 6.22. The summed E-state index contributed by atoms with van der Waals surface area (Å²) in [5.74, 6) is -1.21. The van der Waals surface area contributed by atoms with Gasteiger partial charge in [0.15, 0.2) is 23.1 Å². The van der Waals surface area contributed by atoms with Crippen molar-refractivity contribution in [3.63, 3.8) is 0 Å². The Labute approximate surface area is 287 Å². The van der Waals surface area contributed by atoms with Gasteiger partial charge in [0.05, 0.1) is 62.9 Å². The number of hydrogen-bond donors (Lipinski definition) is 0. The minimum Gasteiger partial charge on any atom is -0.496 e. The average molecular weight is 667 g/mol. The van der Waals surface area contributed by atoms with Gasteiger partial charge in [-0.1, -0.05) is 48.5 Å². The molecular formula is C40H42O9. The Bertz CT molecular complexity index is 1590. The second-order valence-electron chi connectivity index (χ2n) is 11.9. The molecule has 0 aliphatic heterocycles. The second-order valence-corrected chi connectivity index (χ2v) is 11.9. The Kier molecular flexibility index (Phi) is 11.4. The number of para-hydroxylation sites is 4. The third-order valence-electron chi connectivity index (χ3n) is 9.33. The molecule has 256 valence electrons. The fraction of sp³-hybridized carbons (Fsp3) is 0.300. The second kappa shape index (κ2) is 15.3. The van der Waals surface area contributed by atoms with Gasteiger partial charge in [-0.15, -0.1) is 0 Å². The van der Waals surface area contributed by atoms with Crippen molar-refractivity contribution in [3.8, 4) is 23.0 Å². The lowest BCUT2D eigenvalue weighted by atomic mass is 9.70. The largest absolute Gasteiger partial charge is 0.496 e. The summed E-state index contributed by atoms with van der Waals surface area (Å²) in [6.45, 7) is 6.15. The Balaban J connectivity index is 1.89. The number of Topliss-reactive ketones (excluding diaryl/α,β-unsaturated/α-hetero) is 4. The van der Waals surface area contributed by atoms with Crippen LogP contribution in [0.5, 0.6) is 23.0 Å². The van der Waals surface area contributed by atoms with E-state index in [0.717, 1.165) is 0 Å². The quantitative estimate of drug-likeness (QED) is 0.0894. The molecule has 0 aliphatic rings. The molecule has 9 heteroatoms. The average Bonchev–Trinajstić information content (AvgIpc) is 3.15. The Hall–Kier alpha value is -5.28. The van der Waals surface area contributed by atoms with Crippen LogP contribution in [0.25, 0.3) is 0 Å². The number of carbonyl (C=O) groups is 4. The van der Waals surface area contributed by atoms with Crippen LogP contribution in [0.1, 0.15) is 69.1 Å². The van der Waals surface area contributed by atoms with E-state index in [1.165, 1.54) is 42.3 Å². The molecule has 0 heterocycles. The van der Waals surface area contributed by atoms with Crippen LogP contribution in [-0.2, 0) is 4.74 Å². The van der Waals surface area contributed by atoms with Gasteiger partial charge < -0.3 is 23.7 Å². The number of hydrogen-bond acceptors (Lipinski definition) is 9. The minimum absolute atomic E-state index is 0.164. The molecule has 9 nitrogen and oxygen atoms in total. The van der Waals surface area contributed by atoms with Gasteiger partial charge in [-0.05, 0) is 76.2 Å². The predicted molar refractivity (Wildman–Crippen MR) is 186 cm³/mol. The van der Waals surface area contributed by atoms with E-state index >= 15 is 0 Å². The van der Waals surface area contributed by atoms with Crippen molar-refractivity contribution in [2.45, 2.75) is 39.9 Å². The van der Waals surface area contributed by atoms with Crippen LogP contribution in [-0.4, -0.2) is 63.8 Å². The van der Waals surface area contributed by atoms with Crippen LogP contribution >= 0.6 is 0 Å². The molecule has 0 bridgehead atoms. The fourth-order valence-corrected chi connectivity index (χ4v) is 5.97. The summed E-state index contributed by atoms with van der Waals surface area (Å²) in [5, 5.41) is 0. The van der Waals surface area contributed by atoms with Crippen LogP contribution in [0.4, 0.5) is 0 Å². The molecule has 2 unspecified atom stereocenters.